The monoisotopic (exact) mass is 281 g/mol. The molecule has 0 aliphatic heterocycles. The maximum atomic E-state index is 12.5. The molecule has 102 valence electrons. The van der Waals surface area contributed by atoms with E-state index in [2.05, 4.69) is 6.58 Å². The molecule has 1 rings (SSSR count). The van der Waals surface area contributed by atoms with Crippen molar-refractivity contribution >= 4 is 12.4 Å². The molecule has 0 aliphatic rings. The Hall–Kier alpha value is -1.20. The lowest BCUT2D eigenvalue weighted by Crippen LogP contribution is -2.12. The highest BCUT2D eigenvalue weighted by Gasteiger charge is 2.31. The molecule has 1 aromatic carbocycles. The van der Waals surface area contributed by atoms with Gasteiger partial charge in [-0.3, -0.25) is 0 Å². The van der Waals surface area contributed by atoms with E-state index in [-0.39, 0.29) is 18.2 Å². The highest BCUT2D eigenvalue weighted by atomic mass is 35.5. The number of benzene rings is 1. The van der Waals surface area contributed by atoms with Crippen molar-refractivity contribution in [3.8, 4) is 5.75 Å². The van der Waals surface area contributed by atoms with E-state index >= 15 is 0 Å². The minimum absolute atomic E-state index is 0. The van der Waals surface area contributed by atoms with Crippen LogP contribution in [0.25, 0.3) is 0 Å². The molecule has 2 nitrogen and oxygen atoms in total. The van der Waals surface area contributed by atoms with Gasteiger partial charge in [-0.05, 0) is 18.6 Å². The fraction of sp³-hybridized carbons (Fsp3) is 0.333. The van der Waals surface area contributed by atoms with Crippen LogP contribution in [0.3, 0.4) is 0 Å². The number of rotatable bonds is 4. The second kappa shape index (κ2) is 6.66. The Morgan fingerprint density at radius 2 is 2.06 bits per heavy atom. The number of ether oxygens (including phenoxy) is 1. The molecule has 18 heavy (non-hydrogen) atoms. The van der Waals surface area contributed by atoms with E-state index < -0.39 is 17.8 Å². The van der Waals surface area contributed by atoms with Crippen molar-refractivity contribution in [2.45, 2.75) is 18.6 Å². The third kappa shape index (κ3) is 3.92. The summed E-state index contributed by atoms with van der Waals surface area (Å²) < 4.78 is 42.4. The zero-order valence-corrected chi connectivity index (χ0v) is 10.6. The molecule has 0 saturated heterocycles. The average molecular weight is 282 g/mol. The molecular weight excluding hydrogens is 267 g/mol. The van der Waals surface area contributed by atoms with Gasteiger partial charge in [-0.1, -0.05) is 12.1 Å². The van der Waals surface area contributed by atoms with Gasteiger partial charge < -0.3 is 10.5 Å². The van der Waals surface area contributed by atoms with Gasteiger partial charge in [0, 0.05) is 11.6 Å². The van der Waals surface area contributed by atoms with Crippen molar-refractivity contribution in [2.24, 2.45) is 5.73 Å². The van der Waals surface area contributed by atoms with Crippen LogP contribution in [0.5, 0.6) is 5.75 Å². The Balaban J connectivity index is 0.00000289. The Kier molecular flexibility index (Phi) is 6.21. The summed E-state index contributed by atoms with van der Waals surface area (Å²) in [5.41, 5.74) is 5.60. The quantitative estimate of drug-likeness (QED) is 0.854. The molecule has 0 heterocycles. The van der Waals surface area contributed by atoms with Crippen LogP contribution >= 0.6 is 12.4 Å². The summed E-state index contributed by atoms with van der Waals surface area (Å²) in [5, 5.41) is 0. The molecule has 0 bridgehead atoms. The predicted molar refractivity (Wildman–Crippen MR) is 67.0 cm³/mol. The predicted octanol–water partition coefficient (Wildman–Crippen LogP) is 3.71. The Bertz CT molecular complexity index is 407. The van der Waals surface area contributed by atoms with Crippen molar-refractivity contribution in [1.29, 1.82) is 0 Å². The number of hydrogen-bond acceptors (Lipinski definition) is 2. The molecule has 1 atom stereocenters. The van der Waals surface area contributed by atoms with Crippen molar-refractivity contribution in [1.82, 2.24) is 0 Å². The molecule has 0 fully saturated rings. The van der Waals surface area contributed by atoms with Gasteiger partial charge in [0.1, 0.15) is 5.75 Å². The maximum absolute atomic E-state index is 12.5. The van der Waals surface area contributed by atoms with Gasteiger partial charge in [-0.15, -0.1) is 19.0 Å². The number of methoxy groups -OCH3 is 1. The fourth-order valence-corrected chi connectivity index (χ4v) is 1.50. The summed E-state index contributed by atoms with van der Waals surface area (Å²) in [6.07, 6.45) is -2.29. The molecule has 0 spiro atoms. The molecule has 0 amide bonds. The van der Waals surface area contributed by atoms with E-state index in [1.807, 2.05) is 0 Å². The average Bonchev–Trinajstić information content (AvgIpc) is 2.27. The summed E-state index contributed by atoms with van der Waals surface area (Å²) >= 11 is 0. The van der Waals surface area contributed by atoms with E-state index in [1.165, 1.54) is 13.2 Å². The van der Waals surface area contributed by atoms with Crippen LogP contribution in [0.4, 0.5) is 13.2 Å². The molecule has 2 N–H and O–H groups in total. The highest BCUT2D eigenvalue weighted by molar-refractivity contribution is 5.85. The standard InChI is InChI=1S/C12H14F3NO.ClH/c1-3-4-10(16)9-6-5-8(12(13,14)15)7-11(9)17-2;/h3,5-7,10H,1,4,16H2,2H3;1H/t10-;/m1./s1. The fourth-order valence-electron chi connectivity index (χ4n) is 1.50. The van der Waals surface area contributed by atoms with Crippen LogP contribution in [-0.2, 0) is 6.18 Å². The molecule has 1 aromatic rings. The summed E-state index contributed by atoms with van der Waals surface area (Å²) in [5.74, 6) is 0.147. The Morgan fingerprint density at radius 3 is 2.50 bits per heavy atom. The molecular formula is C12H15ClF3NO. The number of nitrogens with two attached hydrogens (primary N) is 1. The van der Waals surface area contributed by atoms with Crippen molar-refractivity contribution in [2.75, 3.05) is 7.11 Å². The van der Waals surface area contributed by atoms with Crippen molar-refractivity contribution in [3.63, 3.8) is 0 Å². The van der Waals surface area contributed by atoms with E-state index in [1.54, 1.807) is 6.08 Å². The molecule has 0 saturated carbocycles. The Morgan fingerprint density at radius 1 is 1.44 bits per heavy atom. The van der Waals surface area contributed by atoms with Crippen LogP contribution in [0, 0.1) is 0 Å². The van der Waals surface area contributed by atoms with Gasteiger partial charge in [0.15, 0.2) is 0 Å². The molecule has 0 radical (unpaired) electrons. The first-order valence-corrected chi connectivity index (χ1v) is 5.01. The van der Waals surface area contributed by atoms with E-state index in [9.17, 15) is 13.2 Å². The molecule has 6 heteroatoms. The first-order chi connectivity index (χ1) is 7.90. The zero-order valence-electron chi connectivity index (χ0n) is 9.83. The summed E-state index contributed by atoms with van der Waals surface area (Å²) in [6, 6.07) is 2.89. The minimum atomic E-state index is -4.38. The molecule has 0 aliphatic carbocycles. The topological polar surface area (TPSA) is 35.2 Å². The first-order valence-electron chi connectivity index (χ1n) is 5.01. The molecule has 0 unspecified atom stereocenters. The van der Waals surface area contributed by atoms with Crippen molar-refractivity contribution in [3.05, 3.63) is 42.0 Å². The second-order valence-corrected chi connectivity index (χ2v) is 3.59. The number of alkyl halides is 3. The van der Waals surface area contributed by atoms with Crippen LogP contribution < -0.4 is 10.5 Å². The summed E-state index contributed by atoms with van der Waals surface area (Å²) in [7, 11) is 1.32. The number of halogens is 4. The zero-order chi connectivity index (χ0) is 13.1. The van der Waals surface area contributed by atoms with E-state index in [0.717, 1.165) is 12.1 Å². The third-order valence-corrected chi connectivity index (χ3v) is 2.38. The SMILES string of the molecule is C=CC[C@@H](N)c1ccc(C(F)(F)F)cc1OC.Cl. The lowest BCUT2D eigenvalue weighted by Gasteiger charge is -2.16. The van der Waals surface area contributed by atoms with E-state index in [4.69, 9.17) is 10.5 Å². The molecule has 0 aromatic heterocycles. The lowest BCUT2D eigenvalue weighted by molar-refractivity contribution is -0.137. The number of hydrogen-bond donors (Lipinski definition) is 1. The van der Waals surface area contributed by atoms with Crippen LogP contribution in [-0.4, -0.2) is 7.11 Å². The van der Waals surface area contributed by atoms with Crippen LogP contribution in [0.15, 0.2) is 30.9 Å². The van der Waals surface area contributed by atoms with Crippen molar-refractivity contribution < 1.29 is 17.9 Å². The summed E-state index contributed by atoms with van der Waals surface area (Å²) in [4.78, 5) is 0. The van der Waals surface area contributed by atoms with Gasteiger partial charge in [0.25, 0.3) is 0 Å². The first kappa shape index (κ1) is 16.8. The van der Waals surface area contributed by atoms with Gasteiger partial charge in [-0.2, -0.15) is 13.2 Å². The Labute approximate surface area is 110 Å². The normalized spacial score (nSPS) is 12.5. The summed E-state index contributed by atoms with van der Waals surface area (Å²) in [6.45, 7) is 3.54. The van der Waals surface area contributed by atoms with Gasteiger partial charge in [0.05, 0.1) is 12.7 Å². The minimum Gasteiger partial charge on any atom is -0.496 e. The smallest absolute Gasteiger partial charge is 0.416 e. The van der Waals surface area contributed by atoms with Gasteiger partial charge >= 0.3 is 6.18 Å². The van der Waals surface area contributed by atoms with E-state index in [0.29, 0.717) is 12.0 Å². The van der Waals surface area contributed by atoms with Gasteiger partial charge in [0.2, 0.25) is 0 Å². The second-order valence-electron chi connectivity index (χ2n) is 3.59. The largest absolute Gasteiger partial charge is 0.496 e. The highest BCUT2D eigenvalue weighted by Crippen LogP contribution is 2.35. The third-order valence-electron chi connectivity index (χ3n) is 2.38. The maximum Gasteiger partial charge on any atom is 0.416 e. The van der Waals surface area contributed by atoms with Crippen LogP contribution in [0.1, 0.15) is 23.6 Å². The van der Waals surface area contributed by atoms with Crippen LogP contribution in [0.2, 0.25) is 0 Å². The van der Waals surface area contributed by atoms with Gasteiger partial charge in [-0.25, -0.2) is 0 Å². The lowest BCUT2D eigenvalue weighted by atomic mass is 10.0.